The number of aromatic nitrogens is 2. The molecule has 0 fully saturated rings. The molecule has 3 aromatic rings. The van der Waals surface area contributed by atoms with Crippen LogP contribution in [0.15, 0.2) is 47.1 Å². The summed E-state index contributed by atoms with van der Waals surface area (Å²) in [6.45, 7) is 0. The van der Waals surface area contributed by atoms with Gasteiger partial charge in [-0.2, -0.15) is 0 Å². The zero-order valence-electron chi connectivity index (χ0n) is 9.78. The predicted octanol–water partition coefficient (Wildman–Crippen LogP) is 4.64. The monoisotopic (exact) mass is 338 g/mol. The van der Waals surface area contributed by atoms with E-state index in [-0.39, 0.29) is 11.7 Å². The minimum Gasteiger partial charge on any atom is -0.299 e. The topological polar surface area (TPSA) is 17.3 Å². The van der Waals surface area contributed by atoms with Crippen LogP contribution in [0.5, 0.6) is 0 Å². The molecular formula is C14H9BrClFN2. The SMILES string of the molecule is Fc1ccc2nc(-c3ccc(Br)cc3)c(CCl)n2c1. The number of imidazole rings is 1. The Labute approximate surface area is 123 Å². The molecular weight excluding hydrogens is 331 g/mol. The van der Waals surface area contributed by atoms with Crippen LogP contribution in [-0.2, 0) is 5.88 Å². The Hall–Kier alpha value is -1.39. The van der Waals surface area contributed by atoms with Crippen LogP contribution in [0.3, 0.4) is 0 Å². The van der Waals surface area contributed by atoms with Gasteiger partial charge < -0.3 is 0 Å². The Morgan fingerprint density at radius 2 is 1.89 bits per heavy atom. The highest BCUT2D eigenvalue weighted by molar-refractivity contribution is 9.10. The second-order valence-electron chi connectivity index (χ2n) is 4.12. The van der Waals surface area contributed by atoms with Gasteiger partial charge in [0.2, 0.25) is 0 Å². The molecule has 96 valence electrons. The maximum atomic E-state index is 13.3. The molecule has 0 saturated heterocycles. The van der Waals surface area contributed by atoms with Crippen molar-refractivity contribution in [1.82, 2.24) is 9.38 Å². The molecule has 0 bridgehead atoms. The van der Waals surface area contributed by atoms with Gasteiger partial charge in [-0.05, 0) is 24.3 Å². The van der Waals surface area contributed by atoms with Crippen LogP contribution < -0.4 is 0 Å². The third-order valence-corrected chi connectivity index (χ3v) is 3.71. The van der Waals surface area contributed by atoms with E-state index in [1.807, 2.05) is 24.3 Å². The van der Waals surface area contributed by atoms with Gasteiger partial charge in [-0.3, -0.25) is 4.40 Å². The summed E-state index contributed by atoms with van der Waals surface area (Å²) in [5.41, 5.74) is 3.23. The van der Waals surface area contributed by atoms with Crippen molar-refractivity contribution in [2.75, 3.05) is 0 Å². The molecule has 0 spiro atoms. The summed E-state index contributed by atoms with van der Waals surface area (Å²) in [4.78, 5) is 4.52. The van der Waals surface area contributed by atoms with Crippen molar-refractivity contribution in [2.24, 2.45) is 0 Å². The van der Waals surface area contributed by atoms with Gasteiger partial charge in [-0.15, -0.1) is 11.6 Å². The first-order valence-electron chi connectivity index (χ1n) is 5.67. The Morgan fingerprint density at radius 1 is 1.16 bits per heavy atom. The molecule has 0 aliphatic heterocycles. The number of rotatable bonds is 2. The zero-order chi connectivity index (χ0) is 13.4. The smallest absolute Gasteiger partial charge is 0.139 e. The van der Waals surface area contributed by atoms with E-state index in [4.69, 9.17) is 11.6 Å². The molecule has 5 heteroatoms. The fourth-order valence-electron chi connectivity index (χ4n) is 2.03. The highest BCUT2D eigenvalue weighted by atomic mass is 79.9. The molecule has 0 atom stereocenters. The molecule has 0 amide bonds. The van der Waals surface area contributed by atoms with Crippen molar-refractivity contribution in [3.05, 3.63) is 58.6 Å². The Morgan fingerprint density at radius 3 is 2.58 bits per heavy atom. The summed E-state index contributed by atoms with van der Waals surface area (Å²) in [7, 11) is 0. The third-order valence-electron chi connectivity index (χ3n) is 2.93. The van der Waals surface area contributed by atoms with Crippen molar-refractivity contribution in [3.63, 3.8) is 0 Å². The number of halogens is 3. The Balaban J connectivity index is 2.25. The van der Waals surface area contributed by atoms with E-state index in [2.05, 4.69) is 20.9 Å². The van der Waals surface area contributed by atoms with Crippen molar-refractivity contribution >= 4 is 33.2 Å². The normalized spacial score (nSPS) is 11.1. The molecule has 2 aromatic heterocycles. The lowest BCUT2D eigenvalue weighted by atomic mass is 10.1. The van der Waals surface area contributed by atoms with E-state index in [1.165, 1.54) is 12.3 Å². The minimum absolute atomic E-state index is 0.274. The fourth-order valence-corrected chi connectivity index (χ4v) is 2.55. The average Bonchev–Trinajstić information content (AvgIpc) is 2.77. The number of nitrogens with zero attached hydrogens (tertiary/aromatic N) is 2. The summed E-state index contributed by atoms with van der Waals surface area (Å²) in [6.07, 6.45) is 1.41. The second kappa shape index (κ2) is 4.94. The lowest BCUT2D eigenvalue weighted by molar-refractivity contribution is 0.618. The van der Waals surface area contributed by atoms with Crippen LogP contribution in [-0.4, -0.2) is 9.38 Å². The first kappa shape index (κ1) is 12.6. The van der Waals surface area contributed by atoms with Crippen molar-refractivity contribution in [3.8, 4) is 11.3 Å². The summed E-state index contributed by atoms with van der Waals surface area (Å²) in [5.74, 6) is -0.0330. The van der Waals surface area contributed by atoms with Gasteiger partial charge in [0.15, 0.2) is 0 Å². The fraction of sp³-hybridized carbons (Fsp3) is 0.0714. The molecule has 3 rings (SSSR count). The second-order valence-corrected chi connectivity index (χ2v) is 5.31. The largest absolute Gasteiger partial charge is 0.299 e. The number of alkyl halides is 1. The molecule has 0 radical (unpaired) electrons. The van der Waals surface area contributed by atoms with Gasteiger partial charge in [0.1, 0.15) is 11.5 Å². The minimum atomic E-state index is -0.307. The summed E-state index contributed by atoms with van der Waals surface area (Å²) in [6, 6.07) is 10.8. The molecule has 0 aliphatic carbocycles. The zero-order valence-corrected chi connectivity index (χ0v) is 12.1. The van der Waals surface area contributed by atoms with Crippen molar-refractivity contribution in [1.29, 1.82) is 0 Å². The van der Waals surface area contributed by atoms with E-state index < -0.39 is 0 Å². The summed E-state index contributed by atoms with van der Waals surface area (Å²) >= 11 is 9.39. The molecule has 19 heavy (non-hydrogen) atoms. The number of hydrogen-bond donors (Lipinski definition) is 0. The van der Waals surface area contributed by atoms with Gasteiger partial charge in [0.25, 0.3) is 0 Å². The molecule has 0 N–H and O–H groups in total. The first-order chi connectivity index (χ1) is 9.19. The van der Waals surface area contributed by atoms with Crippen LogP contribution in [0.4, 0.5) is 4.39 Å². The van der Waals surface area contributed by atoms with E-state index in [0.29, 0.717) is 5.65 Å². The van der Waals surface area contributed by atoms with Crippen molar-refractivity contribution < 1.29 is 4.39 Å². The molecule has 2 heterocycles. The highest BCUT2D eigenvalue weighted by Crippen LogP contribution is 2.27. The number of fused-ring (bicyclic) bond motifs is 1. The standard InChI is InChI=1S/C14H9BrClFN2/c15-10-3-1-9(2-4-10)14-12(7-16)19-8-11(17)5-6-13(19)18-14/h1-6,8H,7H2. The van der Waals surface area contributed by atoms with Crippen LogP contribution in [0, 0.1) is 5.82 Å². The quantitative estimate of drug-likeness (QED) is 0.622. The summed E-state index contributed by atoms with van der Waals surface area (Å²) in [5, 5.41) is 0. The van der Waals surface area contributed by atoms with Crippen LogP contribution in [0.25, 0.3) is 16.9 Å². The molecule has 0 saturated carbocycles. The van der Waals surface area contributed by atoms with Crippen LogP contribution >= 0.6 is 27.5 Å². The average molecular weight is 340 g/mol. The third kappa shape index (κ3) is 2.26. The van der Waals surface area contributed by atoms with E-state index in [1.54, 1.807) is 10.5 Å². The van der Waals surface area contributed by atoms with Gasteiger partial charge in [-0.25, -0.2) is 9.37 Å². The maximum absolute atomic E-state index is 13.3. The van der Waals surface area contributed by atoms with Gasteiger partial charge in [0.05, 0.1) is 17.3 Å². The Bertz CT molecular complexity index is 737. The molecule has 0 aliphatic rings. The maximum Gasteiger partial charge on any atom is 0.139 e. The number of pyridine rings is 1. The van der Waals surface area contributed by atoms with Crippen molar-refractivity contribution in [2.45, 2.75) is 5.88 Å². The van der Waals surface area contributed by atoms with Crippen LogP contribution in [0.2, 0.25) is 0 Å². The van der Waals surface area contributed by atoms with E-state index in [0.717, 1.165) is 21.4 Å². The lowest BCUT2D eigenvalue weighted by Crippen LogP contribution is -1.92. The first-order valence-corrected chi connectivity index (χ1v) is 7.00. The molecule has 0 unspecified atom stereocenters. The van der Waals surface area contributed by atoms with Gasteiger partial charge in [0, 0.05) is 16.2 Å². The van der Waals surface area contributed by atoms with Gasteiger partial charge >= 0.3 is 0 Å². The molecule has 1 aromatic carbocycles. The van der Waals surface area contributed by atoms with E-state index >= 15 is 0 Å². The molecule has 2 nitrogen and oxygen atoms in total. The number of benzene rings is 1. The summed E-state index contributed by atoms with van der Waals surface area (Å²) < 4.78 is 16.0. The number of hydrogen-bond acceptors (Lipinski definition) is 1. The highest BCUT2D eigenvalue weighted by Gasteiger charge is 2.13. The predicted molar refractivity (Wildman–Crippen MR) is 77.8 cm³/mol. The lowest BCUT2D eigenvalue weighted by Gasteiger charge is -2.01. The van der Waals surface area contributed by atoms with E-state index in [9.17, 15) is 4.39 Å². The Kier molecular flexibility index (Phi) is 3.29. The van der Waals surface area contributed by atoms with Crippen LogP contribution in [0.1, 0.15) is 5.69 Å². The van der Waals surface area contributed by atoms with Gasteiger partial charge in [-0.1, -0.05) is 28.1 Å².